The van der Waals surface area contributed by atoms with Gasteiger partial charge in [-0.05, 0) is 60.7 Å². The molecule has 1 aromatic heterocycles. The number of halogens is 1. The van der Waals surface area contributed by atoms with Gasteiger partial charge in [0, 0.05) is 31.6 Å². The number of anilines is 1. The van der Waals surface area contributed by atoms with Gasteiger partial charge in [-0.25, -0.2) is 4.39 Å². The van der Waals surface area contributed by atoms with Crippen LogP contribution in [-0.4, -0.2) is 42.3 Å². The van der Waals surface area contributed by atoms with Gasteiger partial charge in [0.05, 0.1) is 12.8 Å². The molecule has 1 saturated heterocycles. The van der Waals surface area contributed by atoms with Crippen molar-refractivity contribution >= 4 is 11.7 Å². The fourth-order valence-electron chi connectivity index (χ4n) is 4.01. The Morgan fingerprint density at radius 2 is 2.06 bits per heavy atom. The van der Waals surface area contributed by atoms with Crippen LogP contribution in [0.15, 0.2) is 54.6 Å². The number of aromatic amines is 1. The average molecular weight is 423 g/mol. The number of hydrogen-bond acceptors (Lipinski definition) is 4. The zero-order valence-electron chi connectivity index (χ0n) is 17.6. The largest absolute Gasteiger partial charge is 0.496 e. The van der Waals surface area contributed by atoms with Crippen LogP contribution in [0.1, 0.15) is 24.8 Å². The maximum atomic E-state index is 13.2. The van der Waals surface area contributed by atoms with Gasteiger partial charge in [0.1, 0.15) is 11.6 Å². The van der Waals surface area contributed by atoms with E-state index in [0.29, 0.717) is 19.4 Å². The molecule has 2 N–H and O–H groups in total. The number of rotatable bonds is 7. The Balaban J connectivity index is 1.32. The van der Waals surface area contributed by atoms with E-state index in [9.17, 15) is 9.18 Å². The Labute approximate surface area is 181 Å². The molecule has 0 aliphatic carbocycles. The molecule has 31 heavy (non-hydrogen) atoms. The second-order valence-electron chi connectivity index (χ2n) is 7.81. The topological polar surface area (TPSA) is 70.2 Å². The Morgan fingerprint density at radius 3 is 2.87 bits per heavy atom. The van der Waals surface area contributed by atoms with Crippen LogP contribution in [0.4, 0.5) is 10.2 Å². The van der Waals surface area contributed by atoms with E-state index < -0.39 is 0 Å². The lowest BCUT2D eigenvalue weighted by Gasteiger charge is -2.33. The number of carbonyl (C=O) groups is 1. The second-order valence-corrected chi connectivity index (χ2v) is 7.81. The normalized spacial score (nSPS) is 16.2. The van der Waals surface area contributed by atoms with Crippen molar-refractivity contribution in [1.29, 1.82) is 0 Å². The molecule has 7 heteroatoms. The molecule has 1 unspecified atom stereocenters. The average Bonchev–Trinajstić information content (AvgIpc) is 3.29. The van der Waals surface area contributed by atoms with Crippen LogP contribution in [0.25, 0.3) is 11.3 Å². The van der Waals surface area contributed by atoms with Gasteiger partial charge in [0.15, 0.2) is 5.82 Å². The van der Waals surface area contributed by atoms with Gasteiger partial charge >= 0.3 is 0 Å². The van der Waals surface area contributed by atoms with E-state index >= 15 is 0 Å². The number of H-pyrrole nitrogens is 1. The number of ether oxygens (including phenoxy) is 1. The molecule has 1 aliphatic heterocycles. The summed E-state index contributed by atoms with van der Waals surface area (Å²) in [6, 6.07) is 16.2. The van der Waals surface area contributed by atoms with Crippen LogP contribution in [0.2, 0.25) is 0 Å². The van der Waals surface area contributed by atoms with E-state index in [2.05, 4.69) is 20.4 Å². The van der Waals surface area contributed by atoms with Gasteiger partial charge in [0.2, 0.25) is 5.91 Å². The summed E-state index contributed by atoms with van der Waals surface area (Å²) in [4.78, 5) is 14.7. The van der Waals surface area contributed by atoms with Crippen molar-refractivity contribution in [3.8, 4) is 17.0 Å². The summed E-state index contributed by atoms with van der Waals surface area (Å²) in [5.41, 5.74) is 2.77. The summed E-state index contributed by atoms with van der Waals surface area (Å²) in [5.74, 6) is 1.44. The monoisotopic (exact) mass is 422 g/mol. The van der Waals surface area contributed by atoms with Crippen molar-refractivity contribution in [1.82, 2.24) is 15.5 Å². The minimum atomic E-state index is -0.260. The van der Waals surface area contributed by atoms with Crippen molar-refractivity contribution in [2.24, 2.45) is 0 Å². The number of aromatic nitrogens is 2. The predicted molar refractivity (Wildman–Crippen MR) is 119 cm³/mol. The van der Waals surface area contributed by atoms with Gasteiger partial charge in [-0.1, -0.05) is 18.2 Å². The standard InChI is InChI=1S/C24H27FN4O2/c1-31-22-7-3-2-5-18(22)10-13-24(30)26-20-6-4-14-29(16-20)23-15-21(27-28-23)17-8-11-19(25)12-9-17/h2-3,5,7-9,11-12,15,20H,4,6,10,13-14,16H2,1H3,(H,26,30)(H,27,28). The zero-order chi connectivity index (χ0) is 21.6. The first-order chi connectivity index (χ1) is 15.1. The molecule has 0 saturated carbocycles. The lowest BCUT2D eigenvalue weighted by molar-refractivity contribution is -0.121. The molecule has 0 bridgehead atoms. The third-order valence-corrected chi connectivity index (χ3v) is 5.64. The Hall–Kier alpha value is -3.35. The van der Waals surface area contributed by atoms with E-state index in [1.54, 1.807) is 19.2 Å². The third kappa shape index (κ3) is 5.23. The van der Waals surface area contributed by atoms with E-state index in [4.69, 9.17) is 4.74 Å². The SMILES string of the molecule is COc1ccccc1CCC(=O)NC1CCCN(c2cc(-c3ccc(F)cc3)[nH]n2)C1. The summed E-state index contributed by atoms with van der Waals surface area (Å²) in [7, 11) is 1.64. The number of piperidine rings is 1. The van der Waals surface area contributed by atoms with E-state index in [1.165, 1.54) is 12.1 Å². The number of para-hydroxylation sites is 1. The van der Waals surface area contributed by atoms with Crippen LogP contribution < -0.4 is 15.0 Å². The number of methoxy groups -OCH3 is 1. The maximum Gasteiger partial charge on any atom is 0.220 e. The number of aryl methyl sites for hydroxylation is 1. The molecule has 1 aliphatic rings. The minimum Gasteiger partial charge on any atom is -0.496 e. The highest BCUT2D eigenvalue weighted by atomic mass is 19.1. The molecular formula is C24H27FN4O2. The number of nitrogens with zero attached hydrogens (tertiary/aromatic N) is 2. The number of hydrogen-bond donors (Lipinski definition) is 2. The predicted octanol–water partition coefficient (Wildman–Crippen LogP) is 3.94. The van der Waals surface area contributed by atoms with Gasteiger partial charge in [-0.3, -0.25) is 9.89 Å². The fourth-order valence-corrected chi connectivity index (χ4v) is 4.01. The van der Waals surface area contributed by atoms with Crippen molar-refractivity contribution < 1.29 is 13.9 Å². The quantitative estimate of drug-likeness (QED) is 0.605. The molecule has 1 fully saturated rings. The number of nitrogens with one attached hydrogen (secondary N) is 2. The Kier molecular flexibility index (Phi) is 6.50. The van der Waals surface area contributed by atoms with Gasteiger partial charge < -0.3 is 15.0 Å². The first kappa shape index (κ1) is 20.9. The lowest BCUT2D eigenvalue weighted by atomic mass is 10.0. The smallest absolute Gasteiger partial charge is 0.220 e. The number of benzene rings is 2. The van der Waals surface area contributed by atoms with Crippen LogP contribution >= 0.6 is 0 Å². The van der Waals surface area contributed by atoms with E-state index in [1.807, 2.05) is 30.3 Å². The molecular weight excluding hydrogens is 395 g/mol. The molecule has 0 radical (unpaired) electrons. The summed E-state index contributed by atoms with van der Waals surface area (Å²) in [6.45, 7) is 1.61. The molecule has 2 aromatic carbocycles. The van der Waals surface area contributed by atoms with E-state index in [0.717, 1.165) is 47.8 Å². The first-order valence-electron chi connectivity index (χ1n) is 10.6. The molecule has 3 aromatic rings. The van der Waals surface area contributed by atoms with Crippen LogP contribution in [-0.2, 0) is 11.2 Å². The van der Waals surface area contributed by atoms with Gasteiger partial charge in [-0.2, -0.15) is 5.10 Å². The van der Waals surface area contributed by atoms with Crippen molar-refractivity contribution in [2.75, 3.05) is 25.1 Å². The lowest BCUT2D eigenvalue weighted by Crippen LogP contribution is -2.48. The molecule has 1 atom stereocenters. The fraction of sp³-hybridized carbons (Fsp3) is 0.333. The summed E-state index contributed by atoms with van der Waals surface area (Å²) >= 11 is 0. The molecule has 4 rings (SSSR count). The molecule has 0 spiro atoms. The molecule has 6 nitrogen and oxygen atoms in total. The summed E-state index contributed by atoms with van der Waals surface area (Å²) in [5, 5.41) is 10.6. The summed E-state index contributed by atoms with van der Waals surface area (Å²) < 4.78 is 18.5. The highest BCUT2D eigenvalue weighted by Gasteiger charge is 2.23. The van der Waals surface area contributed by atoms with Crippen LogP contribution in [0.3, 0.4) is 0 Å². The Morgan fingerprint density at radius 1 is 1.26 bits per heavy atom. The van der Waals surface area contributed by atoms with Gasteiger partial charge in [0.25, 0.3) is 0 Å². The van der Waals surface area contributed by atoms with Crippen LogP contribution in [0, 0.1) is 5.82 Å². The highest BCUT2D eigenvalue weighted by Crippen LogP contribution is 2.24. The van der Waals surface area contributed by atoms with Gasteiger partial charge in [-0.15, -0.1) is 0 Å². The molecule has 2 heterocycles. The third-order valence-electron chi connectivity index (χ3n) is 5.64. The number of carbonyl (C=O) groups excluding carboxylic acids is 1. The summed E-state index contributed by atoms with van der Waals surface area (Å²) in [6.07, 6.45) is 3.00. The van der Waals surface area contributed by atoms with E-state index in [-0.39, 0.29) is 17.8 Å². The Bertz CT molecular complexity index is 1020. The second kappa shape index (κ2) is 9.64. The zero-order valence-corrected chi connectivity index (χ0v) is 17.6. The van der Waals surface area contributed by atoms with Crippen molar-refractivity contribution in [3.05, 3.63) is 66.0 Å². The molecule has 162 valence electrons. The first-order valence-corrected chi connectivity index (χ1v) is 10.6. The van der Waals surface area contributed by atoms with Crippen molar-refractivity contribution in [2.45, 2.75) is 31.7 Å². The van der Waals surface area contributed by atoms with Crippen LogP contribution in [0.5, 0.6) is 5.75 Å². The number of amides is 1. The molecule has 1 amide bonds. The van der Waals surface area contributed by atoms with Crippen molar-refractivity contribution in [3.63, 3.8) is 0 Å². The maximum absolute atomic E-state index is 13.2. The highest BCUT2D eigenvalue weighted by molar-refractivity contribution is 5.76. The minimum absolute atomic E-state index is 0.0479.